The number of nitrogens with one attached hydrogen (secondary N) is 1. The molecule has 5 nitrogen and oxygen atoms in total. The molecule has 0 spiro atoms. The summed E-state index contributed by atoms with van der Waals surface area (Å²) in [6, 6.07) is 13.3. The first kappa shape index (κ1) is 15.0. The second kappa shape index (κ2) is 6.87. The van der Waals surface area contributed by atoms with Gasteiger partial charge in [0, 0.05) is 24.5 Å². The molecular formula is C18H17N3O2. The molecule has 0 radical (unpaired) electrons. The molecule has 0 fully saturated rings. The summed E-state index contributed by atoms with van der Waals surface area (Å²) in [6.07, 6.45) is 4.35. The number of anilines is 1. The van der Waals surface area contributed by atoms with Crippen LogP contribution in [0.4, 0.5) is 5.69 Å². The van der Waals surface area contributed by atoms with E-state index in [1.165, 1.54) is 0 Å². The first-order valence-corrected chi connectivity index (χ1v) is 7.38. The molecule has 3 rings (SSSR count). The third-order valence-corrected chi connectivity index (χ3v) is 3.53. The Morgan fingerprint density at radius 3 is 2.74 bits per heavy atom. The van der Waals surface area contributed by atoms with Gasteiger partial charge in [0.25, 0.3) is 0 Å². The predicted molar refractivity (Wildman–Crippen MR) is 89.5 cm³/mol. The molecule has 3 aromatic rings. The number of methoxy groups -OCH3 is 1. The van der Waals surface area contributed by atoms with E-state index in [1.54, 1.807) is 19.5 Å². The summed E-state index contributed by atoms with van der Waals surface area (Å²) in [5.41, 5.74) is 3.37. The van der Waals surface area contributed by atoms with Crippen molar-refractivity contribution < 1.29 is 9.53 Å². The maximum Gasteiger partial charge on any atom is 0.224 e. The van der Waals surface area contributed by atoms with Gasteiger partial charge in [0.1, 0.15) is 5.75 Å². The number of fused-ring (bicyclic) bond motifs is 1. The highest BCUT2D eigenvalue weighted by atomic mass is 16.5. The molecule has 0 atom stereocenters. The molecule has 116 valence electrons. The van der Waals surface area contributed by atoms with Gasteiger partial charge in [0.05, 0.1) is 18.1 Å². The number of aryl methyl sites for hydroxylation is 1. The quantitative estimate of drug-likeness (QED) is 0.786. The normalized spacial score (nSPS) is 10.5. The van der Waals surface area contributed by atoms with Crippen molar-refractivity contribution in [3.8, 4) is 5.75 Å². The van der Waals surface area contributed by atoms with E-state index in [0.717, 1.165) is 28.0 Å². The lowest BCUT2D eigenvalue weighted by Crippen LogP contribution is -2.12. The minimum atomic E-state index is -0.0314. The van der Waals surface area contributed by atoms with E-state index in [1.807, 2.05) is 42.5 Å². The number of ether oxygens (including phenoxy) is 1. The van der Waals surface area contributed by atoms with Crippen molar-refractivity contribution in [2.24, 2.45) is 0 Å². The van der Waals surface area contributed by atoms with Gasteiger partial charge in [-0.05, 0) is 42.3 Å². The zero-order chi connectivity index (χ0) is 16.1. The van der Waals surface area contributed by atoms with Gasteiger partial charge in [-0.1, -0.05) is 12.1 Å². The van der Waals surface area contributed by atoms with E-state index in [4.69, 9.17) is 4.74 Å². The highest BCUT2D eigenvalue weighted by Crippen LogP contribution is 2.17. The maximum atomic E-state index is 12.1. The minimum absolute atomic E-state index is 0.0314. The monoisotopic (exact) mass is 307 g/mol. The summed E-state index contributed by atoms with van der Waals surface area (Å²) in [5.74, 6) is 0.770. The Kier molecular flexibility index (Phi) is 4.47. The number of hydrogen-bond donors (Lipinski definition) is 1. The Labute approximate surface area is 134 Å². The van der Waals surface area contributed by atoms with Gasteiger partial charge in [-0.25, -0.2) is 0 Å². The fourth-order valence-corrected chi connectivity index (χ4v) is 2.35. The summed E-state index contributed by atoms with van der Waals surface area (Å²) < 4.78 is 5.18. The average Bonchev–Trinajstić information content (AvgIpc) is 2.60. The van der Waals surface area contributed by atoms with E-state index in [-0.39, 0.29) is 5.91 Å². The number of carbonyl (C=O) groups excluding carboxylic acids is 1. The number of benzene rings is 2. The summed E-state index contributed by atoms with van der Waals surface area (Å²) in [4.78, 5) is 20.5. The van der Waals surface area contributed by atoms with E-state index in [2.05, 4.69) is 15.3 Å². The van der Waals surface area contributed by atoms with Gasteiger partial charge in [0.2, 0.25) is 5.91 Å². The molecule has 0 saturated carbocycles. The Bertz CT molecular complexity index is 833. The van der Waals surface area contributed by atoms with Crippen LogP contribution in [0.3, 0.4) is 0 Å². The molecule has 1 N–H and O–H groups in total. The highest BCUT2D eigenvalue weighted by molar-refractivity contribution is 5.93. The molecule has 0 saturated heterocycles. The number of rotatable bonds is 5. The smallest absolute Gasteiger partial charge is 0.224 e. The van der Waals surface area contributed by atoms with Crippen molar-refractivity contribution in [3.05, 3.63) is 60.4 Å². The second-order valence-corrected chi connectivity index (χ2v) is 5.16. The number of amides is 1. The van der Waals surface area contributed by atoms with E-state index in [0.29, 0.717) is 12.8 Å². The molecule has 2 aromatic carbocycles. The highest BCUT2D eigenvalue weighted by Gasteiger charge is 2.05. The largest absolute Gasteiger partial charge is 0.497 e. The van der Waals surface area contributed by atoms with Crippen LogP contribution in [0.2, 0.25) is 0 Å². The Hall–Kier alpha value is -2.95. The van der Waals surface area contributed by atoms with Crippen LogP contribution < -0.4 is 10.1 Å². The fourth-order valence-electron chi connectivity index (χ4n) is 2.35. The lowest BCUT2D eigenvalue weighted by atomic mass is 10.1. The summed E-state index contributed by atoms with van der Waals surface area (Å²) >= 11 is 0. The van der Waals surface area contributed by atoms with E-state index < -0.39 is 0 Å². The van der Waals surface area contributed by atoms with Crippen LogP contribution in [-0.4, -0.2) is 23.0 Å². The third-order valence-electron chi connectivity index (χ3n) is 3.53. The zero-order valence-electron chi connectivity index (χ0n) is 12.8. The van der Waals surface area contributed by atoms with Crippen LogP contribution in [0.15, 0.2) is 54.9 Å². The molecule has 0 aliphatic carbocycles. The number of hydrogen-bond acceptors (Lipinski definition) is 4. The third kappa shape index (κ3) is 3.83. The van der Waals surface area contributed by atoms with Crippen LogP contribution >= 0.6 is 0 Å². The predicted octanol–water partition coefficient (Wildman–Crippen LogP) is 3.21. The topological polar surface area (TPSA) is 64.1 Å². The zero-order valence-corrected chi connectivity index (χ0v) is 12.8. The van der Waals surface area contributed by atoms with E-state index in [9.17, 15) is 4.79 Å². The first-order chi connectivity index (χ1) is 11.2. The van der Waals surface area contributed by atoms with Crippen molar-refractivity contribution >= 4 is 22.6 Å². The van der Waals surface area contributed by atoms with Gasteiger partial charge >= 0.3 is 0 Å². The molecule has 0 aliphatic heterocycles. The summed E-state index contributed by atoms with van der Waals surface area (Å²) in [5, 5.41) is 2.89. The molecule has 1 amide bonds. The Balaban J connectivity index is 1.61. The van der Waals surface area contributed by atoms with Gasteiger partial charge < -0.3 is 10.1 Å². The number of nitrogens with zero attached hydrogens (tertiary/aromatic N) is 2. The molecule has 0 bridgehead atoms. The van der Waals surface area contributed by atoms with Crippen molar-refractivity contribution in [1.29, 1.82) is 0 Å². The standard InChI is InChI=1S/C18H17N3O2/c1-23-15-4-2-3-13(11-15)5-8-18(22)21-14-6-7-16-17(12-14)20-10-9-19-16/h2-4,6-7,9-12H,5,8H2,1H3,(H,21,22). The van der Waals surface area contributed by atoms with Crippen LogP contribution in [0.1, 0.15) is 12.0 Å². The molecule has 1 heterocycles. The average molecular weight is 307 g/mol. The molecule has 0 aliphatic rings. The molecule has 23 heavy (non-hydrogen) atoms. The minimum Gasteiger partial charge on any atom is -0.497 e. The van der Waals surface area contributed by atoms with Gasteiger partial charge in [0.15, 0.2) is 0 Å². The van der Waals surface area contributed by atoms with Crippen molar-refractivity contribution in [2.45, 2.75) is 12.8 Å². The second-order valence-electron chi connectivity index (χ2n) is 5.16. The first-order valence-electron chi connectivity index (χ1n) is 7.38. The van der Waals surface area contributed by atoms with Crippen LogP contribution in [-0.2, 0) is 11.2 Å². The molecule has 0 unspecified atom stereocenters. The number of aromatic nitrogens is 2. The van der Waals surface area contributed by atoms with Gasteiger partial charge in [-0.3, -0.25) is 14.8 Å². The number of carbonyl (C=O) groups is 1. The maximum absolute atomic E-state index is 12.1. The fraction of sp³-hybridized carbons (Fsp3) is 0.167. The Morgan fingerprint density at radius 1 is 1.09 bits per heavy atom. The SMILES string of the molecule is COc1cccc(CCC(=O)Nc2ccc3nccnc3c2)c1. The Morgan fingerprint density at radius 2 is 1.91 bits per heavy atom. The van der Waals surface area contributed by atoms with Crippen LogP contribution in [0.25, 0.3) is 11.0 Å². The van der Waals surface area contributed by atoms with Gasteiger partial charge in [-0.2, -0.15) is 0 Å². The van der Waals surface area contributed by atoms with Crippen molar-refractivity contribution in [1.82, 2.24) is 9.97 Å². The molecule has 5 heteroatoms. The molecular weight excluding hydrogens is 290 g/mol. The molecule has 1 aromatic heterocycles. The van der Waals surface area contributed by atoms with E-state index >= 15 is 0 Å². The lowest BCUT2D eigenvalue weighted by molar-refractivity contribution is -0.116. The van der Waals surface area contributed by atoms with Crippen molar-refractivity contribution in [2.75, 3.05) is 12.4 Å². The van der Waals surface area contributed by atoms with Gasteiger partial charge in [-0.15, -0.1) is 0 Å². The summed E-state index contributed by atoms with van der Waals surface area (Å²) in [7, 11) is 1.63. The van der Waals surface area contributed by atoms with Crippen molar-refractivity contribution in [3.63, 3.8) is 0 Å². The van der Waals surface area contributed by atoms with Crippen LogP contribution in [0.5, 0.6) is 5.75 Å². The summed E-state index contributed by atoms with van der Waals surface area (Å²) in [6.45, 7) is 0. The van der Waals surface area contributed by atoms with Crippen LogP contribution in [0, 0.1) is 0 Å². The lowest BCUT2D eigenvalue weighted by Gasteiger charge is -2.07.